The fourth-order valence-corrected chi connectivity index (χ4v) is 3.60. The van der Waals surface area contributed by atoms with Crippen LogP contribution in [0.1, 0.15) is 44.6 Å². The molecule has 0 bridgehead atoms. The molecule has 2 amide bonds. The van der Waals surface area contributed by atoms with Crippen LogP contribution in [0, 0.1) is 0 Å². The van der Waals surface area contributed by atoms with E-state index in [4.69, 9.17) is 0 Å². The predicted octanol–water partition coefficient (Wildman–Crippen LogP) is 2.34. The molecule has 0 heterocycles. The Labute approximate surface area is 163 Å². The number of halogens is 3. The summed E-state index contributed by atoms with van der Waals surface area (Å²) in [6.45, 7) is 1.64. The Morgan fingerprint density at radius 3 is 2.43 bits per heavy atom. The van der Waals surface area contributed by atoms with E-state index in [0.29, 0.717) is 4.90 Å². The van der Waals surface area contributed by atoms with Crippen LogP contribution in [-0.4, -0.2) is 49.4 Å². The third-order valence-corrected chi connectivity index (χ3v) is 5.53. The Morgan fingerprint density at radius 1 is 1.21 bits per heavy atom. The molecule has 156 valence electrons. The number of quaternary nitrogens is 1. The second-order valence-corrected chi connectivity index (χ2v) is 7.58. The van der Waals surface area contributed by atoms with Crippen LogP contribution in [-0.2, 0) is 15.8 Å². The van der Waals surface area contributed by atoms with Gasteiger partial charge in [-0.1, -0.05) is 31.4 Å². The molecule has 1 aliphatic rings. The summed E-state index contributed by atoms with van der Waals surface area (Å²) >= 11 is 0. The lowest BCUT2D eigenvalue weighted by molar-refractivity contribution is -0.886. The van der Waals surface area contributed by atoms with E-state index in [1.54, 1.807) is 25.9 Å². The van der Waals surface area contributed by atoms with Crippen LogP contribution in [0.3, 0.4) is 0 Å². The number of carbonyl (C=O) groups is 2. The molecule has 1 saturated carbocycles. The van der Waals surface area contributed by atoms with Crippen molar-refractivity contribution in [2.24, 2.45) is 0 Å². The van der Waals surface area contributed by atoms with Gasteiger partial charge in [-0.3, -0.25) is 9.59 Å². The monoisotopic (exact) mass is 400 g/mol. The predicted molar refractivity (Wildman–Crippen MR) is 101 cm³/mol. The van der Waals surface area contributed by atoms with E-state index in [2.05, 4.69) is 5.32 Å². The van der Waals surface area contributed by atoms with Crippen molar-refractivity contribution >= 4 is 17.5 Å². The molecule has 1 aromatic carbocycles. The highest BCUT2D eigenvalue weighted by Gasteiger charge is 2.34. The minimum Gasteiger partial charge on any atom is -0.338 e. The molecular weight excluding hydrogens is 371 g/mol. The minimum atomic E-state index is -4.55. The summed E-state index contributed by atoms with van der Waals surface area (Å²) in [6, 6.07) is 4.63. The van der Waals surface area contributed by atoms with Gasteiger partial charge in [-0.15, -0.1) is 0 Å². The van der Waals surface area contributed by atoms with Gasteiger partial charge in [0.25, 0.3) is 11.8 Å². The van der Waals surface area contributed by atoms with Gasteiger partial charge < -0.3 is 15.1 Å². The molecule has 0 spiro atoms. The quantitative estimate of drug-likeness (QED) is 0.770. The van der Waals surface area contributed by atoms with E-state index in [-0.39, 0.29) is 24.2 Å². The first kappa shape index (κ1) is 22.2. The summed E-state index contributed by atoms with van der Waals surface area (Å²) in [5, 5.41) is 2.33. The largest absolute Gasteiger partial charge is 0.418 e. The summed E-state index contributed by atoms with van der Waals surface area (Å²) in [5.41, 5.74) is -1.16. The van der Waals surface area contributed by atoms with Crippen LogP contribution in [0.25, 0.3) is 0 Å². The zero-order chi connectivity index (χ0) is 20.9. The van der Waals surface area contributed by atoms with Crippen LogP contribution >= 0.6 is 0 Å². The lowest BCUT2D eigenvalue weighted by Gasteiger charge is -2.33. The molecule has 2 atom stereocenters. The maximum Gasteiger partial charge on any atom is 0.418 e. The van der Waals surface area contributed by atoms with Crippen molar-refractivity contribution in [1.29, 1.82) is 0 Å². The molecule has 1 aromatic rings. The summed E-state index contributed by atoms with van der Waals surface area (Å²) in [7, 11) is 3.49. The highest BCUT2D eigenvalue weighted by Crippen LogP contribution is 2.34. The first-order valence-electron chi connectivity index (χ1n) is 9.66. The molecule has 2 N–H and O–H groups in total. The number of anilines is 1. The summed E-state index contributed by atoms with van der Waals surface area (Å²) in [5.74, 6) is -0.609. The molecule has 0 saturated heterocycles. The third-order valence-electron chi connectivity index (χ3n) is 5.53. The van der Waals surface area contributed by atoms with Gasteiger partial charge in [0.15, 0.2) is 12.6 Å². The number of nitrogens with one attached hydrogen (secondary N) is 2. The average Bonchev–Trinajstić information content (AvgIpc) is 2.66. The number of likely N-dealkylation sites (N-methyl/N-ethyl adjacent to an activating group) is 2. The summed E-state index contributed by atoms with van der Waals surface area (Å²) in [4.78, 5) is 27.4. The number of para-hydroxylation sites is 1. The van der Waals surface area contributed by atoms with Crippen molar-refractivity contribution in [2.75, 3.05) is 26.0 Å². The number of alkyl halides is 3. The van der Waals surface area contributed by atoms with Crippen LogP contribution in [0.2, 0.25) is 0 Å². The van der Waals surface area contributed by atoms with Crippen LogP contribution in [0.4, 0.5) is 18.9 Å². The SMILES string of the molecule is C[C@@H](C(=O)N(C)C1CCCCC1)[NH+](C)CC(=O)Nc1ccccc1C(F)(F)F. The van der Waals surface area contributed by atoms with E-state index >= 15 is 0 Å². The van der Waals surface area contributed by atoms with Gasteiger partial charge in [0, 0.05) is 13.1 Å². The number of nitrogens with zero attached hydrogens (tertiary/aromatic N) is 1. The summed E-state index contributed by atoms with van der Waals surface area (Å²) in [6.07, 6.45) is 0.847. The highest BCUT2D eigenvalue weighted by atomic mass is 19.4. The average molecular weight is 400 g/mol. The zero-order valence-electron chi connectivity index (χ0n) is 16.6. The number of amides is 2. The second-order valence-electron chi connectivity index (χ2n) is 7.58. The molecule has 0 radical (unpaired) electrons. The molecule has 28 heavy (non-hydrogen) atoms. The van der Waals surface area contributed by atoms with Crippen molar-refractivity contribution in [3.63, 3.8) is 0 Å². The first-order chi connectivity index (χ1) is 13.1. The Bertz CT molecular complexity index is 688. The molecular formula is C20H29F3N3O2+. The van der Waals surface area contributed by atoms with Crippen LogP contribution < -0.4 is 10.2 Å². The van der Waals surface area contributed by atoms with E-state index < -0.39 is 23.7 Å². The van der Waals surface area contributed by atoms with Gasteiger partial charge in [0.2, 0.25) is 0 Å². The van der Waals surface area contributed by atoms with Crippen molar-refractivity contribution in [2.45, 2.75) is 57.3 Å². The number of rotatable bonds is 6. The molecule has 2 rings (SSSR count). The van der Waals surface area contributed by atoms with Gasteiger partial charge in [-0.25, -0.2) is 0 Å². The lowest BCUT2D eigenvalue weighted by Crippen LogP contribution is -3.15. The van der Waals surface area contributed by atoms with Crippen molar-refractivity contribution in [3.8, 4) is 0 Å². The zero-order valence-corrected chi connectivity index (χ0v) is 16.6. The third kappa shape index (κ3) is 5.70. The molecule has 0 aliphatic heterocycles. The number of carbonyl (C=O) groups excluding carboxylic acids is 2. The fraction of sp³-hybridized carbons (Fsp3) is 0.600. The molecule has 1 unspecified atom stereocenters. The summed E-state index contributed by atoms with van der Waals surface area (Å²) < 4.78 is 39.2. The number of hydrogen-bond acceptors (Lipinski definition) is 2. The Kier molecular flexibility index (Phi) is 7.46. The second kappa shape index (κ2) is 9.41. The van der Waals surface area contributed by atoms with Crippen LogP contribution in [0.5, 0.6) is 0 Å². The highest BCUT2D eigenvalue weighted by molar-refractivity contribution is 5.92. The van der Waals surface area contributed by atoms with E-state index in [0.717, 1.165) is 31.7 Å². The van der Waals surface area contributed by atoms with Crippen molar-refractivity contribution in [3.05, 3.63) is 29.8 Å². The molecule has 0 aromatic heterocycles. The minimum absolute atomic E-state index is 0.0482. The van der Waals surface area contributed by atoms with Crippen LogP contribution in [0.15, 0.2) is 24.3 Å². The lowest BCUT2D eigenvalue weighted by atomic mass is 9.94. The number of benzene rings is 1. The fourth-order valence-electron chi connectivity index (χ4n) is 3.60. The van der Waals surface area contributed by atoms with Gasteiger partial charge in [0.05, 0.1) is 18.3 Å². The standard InChI is InChI=1S/C20H28F3N3O2/c1-14(19(28)26(3)15-9-5-4-6-10-15)25(2)13-18(27)24-17-12-8-7-11-16(17)20(21,22)23/h7-8,11-12,14-15H,4-6,9-10,13H2,1-3H3,(H,24,27)/p+1/t14-/m0/s1. The maximum atomic E-state index is 13.1. The van der Waals surface area contributed by atoms with Gasteiger partial charge >= 0.3 is 6.18 Å². The topological polar surface area (TPSA) is 53.9 Å². The number of hydrogen-bond donors (Lipinski definition) is 2. The first-order valence-corrected chi connectivity index (χ1v) is 9.66. The molecule has 8 heteroatoms. The Hall–Kier alpha value is -2.09. The Morgan fingerprint density at radius 2 is 1.82 bits per heavy atom. The maximum absolute atomic E-state index is 13.1. The van der Waals surface area contributed by atoms with E-state index in [1.165, 1.54) is 24.6 Å². The van der Waals surface area contributed by atoms with Crippen molar-refractivity contribution < 1.29 is 27.7 Å². The van der Waals surface area contributed by atoms with Crippen molar-refractivity contribution in [1.82, 2.24) is 4.90 Å². The van der Waals surface area contributed by atoms with Gasteiger partial charge in [0.1, 0.15) is 0 Å². The van der Waals surface area contributed by atoms with E-state index in [1.807, 2.05) is 0 Å². The molecule has 1 fully saturated rings. The van der Waals surface area contributed by atoms with Gasteiger partial charge in [-0.05, 0) is 31.9 Å². The molecule has 1 aliphatic carbocycles. The van der Waals surface area contributed by atoms with E-state index in [9.17, 15) is 22.8 Å². The smallest absolute Gasteiger partial charge is 0.338 e. The van der Waals surface area contributed by atoms with Gasteiger partial charge in [-0.2, -0.15) is 13.2 Å². The molecule has 5 nitrogen and oxygen atoms in total. The Balaban J connectivity index is 1.95. The normalized spacial score (nSPS) is 17.6.